The number of benzene rings is 1. The van der Waals surface area contributed by atoms with E-state index in [9.17, 15) is 19.2 Å². The van der Waals surface area contributed by atoms with Gasteiger partial charge < -0.3 is 25.0 Å². The fourth-order valence-corrected chi connectivity index (χ4v) is 2.67. The van der Waals surface area contributed by atoms with Crippen molar-refractivity contribution in [3.05, 3.63) is 24.3 Å². The summed E-state index contributed by atoms with van der Waals surface area (Å²) in [6, 6.07) is 6.93. The fourth-order valence-electron chi connectivity index (χ4n) is 2.67. The minimum atomic E-state index is -0.626. The average molecular weight is 405 g/mol. The van der Waals surface area contributed by atoms with Crippen LogP contribution in [0.4, 0.5) is 16.2 Å². The maximum atomic E-state index is 12.0. The van der Waals surface area contributed by atoms with Gasteiger partial charge in [0.2, 0.25) is 5.91 Å². The standard InChI is InChI=1S/C20H27N3O6/c1-20(2,3)29-19(27)21-10-9-18(26)28-13-16(24)22-14-6-4-7-15(12-14)23-11-5-8-17(23)25/h4,6-7,12H,5,8-11,13H2,1-3H3,(H,21,27)(H,22,24). The molecule has 2 N–H and O–H groups in total. The molecule has 29 heavy (non-hydrogen) atoms. The summed E-state index contributed by atoms with van der Waals surface area (Å²) in [5, 5.41) is 5.07. The van der Waals surface area contributed by atoms with Crippen LogP contribution in [-0.2, 0) is 23.9 Å². The van der Waals surface area contributed by atoms with E-state index >= 15 is 0 Å². The maximum absolute atomic E-state index is 12.0. The Morgan fingerprint density at radius 2 is 1.97 bits per heavy atom. The van der Waals surface area contributed by atoms with Gasteiger partial charge in [0.25, 0.3) is 5.91 Å². The van der Waals surface area contributed by atoms with Crippen molar-refractivity contribution in [1.82, 2.24) is 5.32 Å². The Balaban J connectivity index is 1.71. The Kier molecular flexibility index (Phi) is 7.58. The molecular formula is C20H27N3O6. The molecule has 0 atom stereocenters. The van der Waals surface area contributed by atoms with Crippen LogP contribution in [0, 0.1) is 0 Å². The highest BCUT2D eigenvalue weighted by Crippen LogP contribution is 2.24. The third kappa shape index (κ3) is 7.81. The van der Waals surface area contributed by atoms with E-state index < -0.39 is 30.2 Å². The van der Waals surface area contributed by atoms with Crippen molar-refractivity contribution >= 4 is 35.3 Å². The quantitative estimate of drug-likeness (QED) is 0.673. The summed E-state index contributed by atoms with van der Waals surface area (Å²) in [5.41, 5.74) is 0.604. The van der Waals surface area contributed by atoms with E-state index in [2.05, 4.69) is 10.6 Å². The Bertz CT molecular complexity index is 772. The van der Waals surface area contributed by atoms with Gasteiger partial charge in [0.05, 0.1) is 6.42 Å². The van der Waals surface area contributed by atoms with Gasteiger partial charge in [-0.3, -0.25) is 14.4 Å². The van der Waals surface area contributed by atoms with E-state index in [-0.39, 0.29) is 18.9 Å². The number of carbonyl (C=O) groups excluding carboxylic acids is 4. The molecule has 0 bridgehead atoms. The number of ether oxygens (including phenoxy) is 2. The summed E-state index contributed by atoms with van der Waals surface area (Å²) < 4.78 is 9.94. The van der Waals surface area contributed by atoms with E-state index in [4.69, 9.17) is 9.47 Å². The minimum absolute atomic E-state index is 0.0429. The van der Waals surface area contributed by atoms with Crippen molar-refractivity contribution in [2.75, 3.05) is 29.9 Å². The molecule has 1 saturated heterocycles. The highest BCUT2D eigenvalue weighted by molar-refractivity contribution is 5.97. The van der Waals surface area contributed by atoms with Crippen molar-refractivity contribution < 1.29 is 28.7 Å². The lowest BCUT2D eigenvalue weighted by Gasteiger charge is -2.19. The molecule has 9 nitrogen and oxygen atoms in total. The number of nitrogens with one attached hydrogen (secondary N) is 2. The number of nitrogens with zero attached hydrogens (tertiary/aromatic N) is 1. The van der Waals surface area contributed by atoms with Crippen molar-refractivity contribution in [3.8, 4) is 0 Å². The summed E-state index contributed by atoms with van der Waals surface area (Å²) in [6.45, 7) is 5.46. The molecule has 0 spiro atoms. The average Bonchev–Trinajstić information content (AvgIpc) is 3.05. The van der Waals surface area contributed by atoms with Gasteiger partial charge in [-0.1, -0.05) is 6.07 Å². The van der Waals surface area contributed by atoms with Crippen LogP contribution in [0.2, 0.25) is 0 Å². The minimum Gasteiger partial charge on any atom is -0.456 e. The molecule has 1 aliphatic heterocycles. The molecule has 0 aliphatic carbocycles. The summed E-state index contributed by atoms with van der Waals surface area (Å²) in [4.78, 5) is 48.7. The van der Waals surface area contributed by atoms with Crippen LogP contribution < -0.4 is 15.5 Å². The van der Waals surface area contributed by atoms with Crippen LogP contribution in [0.25, 0.3) is 0 Å². The van der Waals surface area contributed by atoms with Gasteiger partial charge >= 0.3 is 12.1 Å². The normalized spacial score (nSPS) is 13.8. The summed E-state index contributed by atoms with van der Waals surface area (Å²) in [7, 11) is 0. The van der Waals surface area contributed by atoms with Crippen LogP contribution in [-0.4, -0.2) is 49.2 Å². The summed E-state index contributed by atoms with van der Waals surface area (Å²) in [6.07, 6.45) is 0.627. The molecule has 158 valence electrons. The number of hydrogen-bond acceptors (Lipinski definition) is 6. The van der Waals surface area contributed by atoms with Crippen molar-refractivity contribution in [3.63, 3.8) is 0 Å². The Hall–Kier alpha value is -3.10. The first-order valence-electron chi connectivity index (χ1n) is 9.47. The molecule has 0 saturated carbocycles. The molecule has 1 aromatic carbocycles. The lowest BCUT2D eigenvalue weighted by molar-refractivity contribution is -0.147. The first kappa shape index (κ1) is 22.2. The number of anilines is 2. The second-order valence-electron chi connectivity index (χ2n) is 7.59. The van der Waals surface area contributed by atoms with E-state index in [0.29, 0.717) is 18.7 Å². The zero-order chi connectivity index (χ0) is 21.4. The lowest BCUT2D eigenvalue weighted by Crippen LogP contribution is -2.34. The number of esters is 1. The van der Waals surface area contributed by atoms with Crippen molar-refractivity contribution in [2.45, 2.75) is 45.6 Å². The van der Waals surface area contributed by atoms with Crippen molar-refractivity contribution in [2.24, 2.45) is 0 Å². The molecule has 1 heterocycles. The van der Waals surface area contributed by atoms with Gasteiger partial charge in [0.15, 0.2) is 6.61 Å². The van der Waals surface area contributed by atoms with Gasteiger partial charge in [-0.25, -0.2) is 4.79 Å². The maximum Gasteiger partial charge on any atom is 0.407 e. The van der Waals surface area contributed by atoms with E-state index in [1.54, 1.807) is 49.9 Å². The molecule has 2 rings (SSSR count). The number of amides is 3. The molecule has 3 amide bonds. The fraction of sp³-hybridized carbons (Fsp3) is 0.500. The van der Waals surface area contributed by atoms with Crippen LogP contribution in [0.3, 0.4) is 0 Å². The van der Waals surface area contributed by atoms with Crippen molar-refractivity contribution in [1.29, 1.82) is 0 Å². The van der Waals surface area contributed by atoms with E-state index in [1.165, 1.54) is 0 Å². The summed E-state index contributed by atoms with van der Waals surface area (Å²) >= 11 is 0. The molecule has 0 radical (unpaired) electrons. The second kappa shape index (κ2) is 9.90. The predicted molar refractivity (Wildman–Crippen MR) is 106 cm³/mol. The highest BCUT2D eigenvalue weighted by atomic mass is 16.6. The monoisotopic (exact) mass is 405 g/mol. The SMILES string of the molecule is CC(C)(C)OC(=O)NCCC(=O)OCC(=O)Nc1cccc(N2CCCC2=O)c1. The van der Waals surface area contributed by atoms with Crippen LogP contribution >= 0.6 is 0 Å². The molecule has 0 unspecified atom stereocenters. The van der Waals surface area contributed by atoms with Gasteiger partial charge in [0.1, 0.15) is 5.60 Å². The number of carbonyl (C=O) groups is 4. The number of hydrogen-bond donors (Lipinski definition) is 2. The van der Waals surface area contributed by atoms with Crippen LogP contribution in [0.1, 0.15) is 40.0 Å². The molecule has 0 aromatic heterocycles. The van der Waals surface area contributed by atoms with Gasteiger partial charge in [0, 0.05) is 30.9 Å². The van der Waals surface area contributed by atoms with E-state index in [1.807, 2.05) is 0 Å². The van der Waals surface area contributed by atoms with Gasteiger partial charge in [-0.05, 0) is 45.4 Å². The van der Waals surface area contributed by atoms with Gasteiger partial charge in [-0.2, -0.15) is 0 Å². The first-order chi connectivity index (χ1) is 13.6. The highest BCUT2D eigenvalue weighted by Gasteiger charge is 2.22. The predicted octanol–water partition coefficient (Wildman–Crippen LogP) is 2.21. The van der Waals surface area contributed by atoms with Gasteiger partial charge in [-0.15, -0.1) is 0 Å². The second-order valence-corrected chi connectivity index (χ2v) is 7.59. The number of rotatable bonds is 7. The molecule has 1 fully saturated rings. The molecule has 1 aliphatic rings. The Morgan fingerprint density at radius 3 is 2.62 bits per heavy atom. The summed E-state index contributed by atoms with van der Waals surface area (Å²) in [5.74, 6) is -1.06. The lowest BCUT2D eigenvalue weighted by atomic mass is 10.2. The largest absolute Gasteiger partial charge is 0.456 e. The third-order valence-electron chi connectivity index (χ3n) is 3.88. The molecule has 9 heteroatoms. The zero-order valence-electron chi connectivity index (χ0n) is 16.9. The topological polar surface area (TPSA) is 114 Å². The third-order valence-corrected chi connectivity index (χ3v) is 3.88. The smallest absolute Gasteiger partial charge is 0.407 e. The Morgan fingerprint density at radius 1 is 1.21 bits per heavy atom. The molecule has 1 aromatic rings. The zero-order valence-corrected chi connectivity index (χ0v) is 16.9. The number of alkyl carbamates (subject to hydrolysis) is 1. The Labute approximate surface area is 169 Å². The first-order valence-corrected chi connectivity index (χ1v) is 9.47. The van der Waals surface area contributed by atoms with E-state index in [0.717, 1.165) is 12.1 Å². The van der Waals surface area contributed by atoms with Crippen LogP contribution in [0.5, 0.6) is 0 Å². The van der Waals surface area contributed by atoms with Crippen LogP contribution in [0.15, 0.2) is 24.3 Å². The molecular weight excluding hydrogens is 378 g/mol.